The van der Waals surface area contributed by atoms with E-state index in [1.54, 1.807) is 6.92 Å². The molecule has 1 atom stereocenters. The van der Waals surface area contributed by atoms with Crippen LogP contribution in [0.3, 0.4) is 0 Å². The lowest BCUT2D eigenvalue weighted by atomic mass is 10.4. The highest BCUT2D eigenvalue weighted by atomic mass is 16.5. The van der Waals surface area contributed by atoms with Gasteiger partial charge in [0, 0.05) is 12.6 Å². The van der Waals surface area contributed by atoms with Gasteiger partial charge in [-0.1, -0.05) is 6.92 Å². The molecular formula is C10H15N3O4. The first-order valence-corrected chi connectivity index (χ1v) is 5.20. The number of carbonyl (C=O) groups excluding carboxylic acids is 1. The second kappa shape index (κ2) is 6.77. The summed E-state index contributed by atoms with van der Waals surface area (Å²) in [4.78, 5) is 18.8. The van der Waals surface area contributed by atoms with E-state index in [1.807, 2.05) is 0 Å². The summed E-state index contributed by atoms with van der Waals surface area (Å²) < 4.78 is 5.03. The van der Waals surface area contributed by atoms with Crippen molar-refractivity contribution >= 4 is 11.7 Å². The van der Waals surface area contributed by atoms with E-state index < -0.39 is 12.7 Å². The molecule has 0 spiro atoms. The minimum Gasteiger partial charge on any atom is -0.461 e. The Bertz CT molecular complexity index is 372. The van der Waals surface area contributed by atoms with Crippen LogP contribution in [0, 0.1) is 0 Å². The van der Waals surface area contributed by atoms with Gasteiger partial charge < -0.3 is 20.3 Å². The maximum absolute atomic E-state index is 11.1. The number of amides is 1. The van der Waals surface area contributed by atoms with E-state index in [9.17, 15) is 4.79 Å². The van der Waals surface area contributed by atoms with Gasteiger partial charge in [-0.3, -0.25) is 4.79 Å². The topological polar surface area (TPSA) is 105 Å². The molecule has 0 aromatic carbocycles. The van der Waals surface area contributed by atoms with Gasteiger partial charge in [0.25, 0.3) is 0 Å². The lowest BCUT2D eigenvalue weighted by molar-refractivity contribution is -0.115. The van der Waals surface area contributed by atoms with Crippen LogP contribution in [0.1, 0.15) is 13.3 Å². The first-order chi connectivity index (χ1) is 8.15. The number of aliphatic hydroxyl groups is 2. The van der Waals surface area contributed by atoms with Crippen LogP contribution in [0.2, 0.25) is 0 Å². The Labute approximate surface area is 98.5 Å². The van der Waals surface area contributed by atoms with Crippen molar-refractivity contribution < 1.29 is 19.7 Å². The quantitative estimate of drug-likeness (QED) is 0.623. The maximum Gasteiger partial charge on any atom is 0.318 e. The number of aromatic nitrogens is 2. The highest BCUT2D eigenvalue weighted by Gasteiger charge is 2.06. The van der Waals surface area contributed by atoms with Gasteiger partial charge >= 0.3 is 6.01 Å². The SMILES string of the molecule is CCC(=O)Nc1ccnc(OC[C@H](O)CO)n1. The van der Waals surface area contributed by atoms with Crippen LogP contribution < -0.4 is 10.1 Å². The molecule has 1 heterocycles. The normalized spacial score (nSPS) is 11.9. The predicted molar refractivity (Wildman–Crippen MR) is 59.5 cm³/mol. The van der Waals surface area contributed by atoms with Gasteiger partial charge in [0.2, 0.25) is 5.91 Å². The van der Waals surface area contributed by atoms with Crippen molar-refractivity contribution in [3.63, 3.8) is 0 Å². The Balaban J connectivity index is 2.56. The van der Waals surface area contributed by atoms with Crippen LogP contribution >= 0.6 is 0 Å². The van der Waals surface area contributed by atoms with Gasteiger partial charge in [-0.25, -0.2) is 4.98 Å². The average Bonchev–Trinajstić information content (AvgIpc) is 2.36. The molecule has 1 amide bonds. The Morgan fingerprint density at radius 1 is 1.65 bits per heavy atom. The monoisotopic (exact) mass is 241 g/mol. The highest BCUT2D eigenvalue weighted by Crippen LogP contribution is 2.08. The van der Waals surface area contributed by atoms with E-state index in [0.717, 1.165) is 0 Å². The number of nitrogens with zero attached hydrogens (tertiary/aromatic N) is 2. The Kier molecular flexibility index (Phi) is 5.31. The van der Waals surface area contributed by atoms with Crippen molar-refractivity contribution in [3.05, 3.63) is 12.3 Å². The molecule has 0 saturated carbocycles. The second-order valence-electron chi connectivity index (χ2n) is 3.27. The Morgan fingerprint density at radius 2 is 2.41 bits per heavy atom. The number of carbonyl (C=O) groups is 1. The number of rotatable bonds is 6. The number of ether oxygens (including phenoxy) is 1. The van der Waals surface area contributed by atoms with Crippen molar-refractivity contribution in [1.82, 2.24) is 9.97 Å². The molecule has 94 valence electrons. The maximum atomic E-state index is 11.1. The number of nitrogens with one attached hydrogen (secondary N) is 1. The van der Waals surface area contributed by atoms with Crippen LogP contribution in [0.15, 0.2) is 12.3 Å². The Hall–Kier alpha value is -1.73. The molecule has 0 radical (unpaired) electrons. The fourth-order valence-corrected chi connectivity index (χ4v) is 0.935. The minimum atomic E-state index is -0.979. The molecule has 0 bridgehead atoms. The summed E-state index contributed by atoms with van der Waals surface area (Å²) in [5.41, 5.74) is 0. The van der Waals surface area contributed by atoms with Crippen molar-refractivity contribution in [3.8, 4) is 6.01 Å². The molecule has 0 saturated heterocycles. The molecule has 0 aliphatic rings. The summed E-state index contributed by atoms with van der Waals surface area (Å²) in [5, 5.41) is 20.2. The Morgan fingerprint density at radius 3 is 3.06 bits per heavy atom. The molecule has 7 heteroatoms. The third kappa shape index (κ3) is 4.75. The first kappa shape index (κ1) is 13.3. The fourth-order valence-electron chi connectivity index (χ4n) is 0.935. The number of anilines is 1. The molecule has 0 aliphatic carbocycles. The molecule has 1 rings (SSSR count). The van der Waals surface area contributed by atoms with Crippen molar-refractivity contribution in [2.75, 3.05) is 18.5 Å². The van der Waals surface area contributed by atoms with Gasteiger partial charge in [0.05, 0.1) is 6.61 Å². The summed E-state index contributed by atoms with van der Waals surface area (Å²) >= 11 is 0. The molecule has 1 aromatic rings. The van der Waals surface area contributed by atoms with Crippen LogP contribution in [-0.2, 0) is 4.79 Å². The summed E-state index contributed by atoms with van der Waals surface area (Å²) in [6.07, 6.45) is 0.801. The standard InChI is InChI=1S/C10H15N3O4/c1-2-9(16)12-8-3-4-11-10(13-8)17-6-7(15)5-14/h3-4,7,14-15H,2,5-6H2,1H3,(H,11,12,13,16)/t7-/m1/s1. The van der Waals surface area contributed by atoms with E-state index in [2.05, 4.69) is 15.3 Å². The number of aliphatic hydroxyl groups excluding tert-OH is 2. The van der Waals surface area contributed by atoms with Crippen molar-refractivity contribution in [2.24, 2.45) is 0 Å². The highest BCUT2D eigenvalue weighted by molar-refractivity contribution is 5.89. The zero-order valence-electron chi connectivity index (χ0n) is 9.46. The van der Waals surface area contributed by atoms with Gasteiger partial charge in [0.1, 0.15) is 18.5 Å². The van der Waals surface area contributed by atoms with Crippen molar-refractivity contribution in [1.29, 1.82) is 0 Å². The van der Waals surface area contributed by atoms with E-state index in [4.69, 9.17) is 14.9 Å². The smallest absolute Gasteiger partial charge is 0.318 e. The third-order valence-electron chi connectivity index (χ3n) is 1.84. The van der Waals surface area contributed by atoms with Crippen LogP contribution in [0.25, 0.3) is 0 Å². The molecule has 7 nitrogen and oxygen atoms in total. The summed E-state index contributed by atoms with van der Waals surface area (Å²) in [6.45, 7) is 1.22. The largest absolute Gasteiger partial charge is 0.461 e. The van der Waals surface area contributed by atoms with Gasteiger partial charge in [-0.2, -0.15) is 4.98 Å². The van der Waals surface area contributed by atoms with Crippen LogP contribution in [0.5, 0.6) is 6.01 Å². The number of hydrogen-bond acceptors (Lipinski definition) is 6. The summed E-state index contributed by atoms with van der Waals surface area (Å²) in [7, 11) is 0. The molecule has 17 heavy (non-hydrogen) atoms. The van der Waals surface area contributed by atoms with Gasteiger partial charge in [-0.05, 0) is 6.07 Å². The molecule has 1 aromatic heterocycles. The van der Waals surface area contributed by atoms with Crippen molar-refractivity contribution in [2.45, 2.75) is 19.4 Å². The second-order valence-corrected chi connectivity index (χ2v) is 3.27. The summed E-state index contributed by atoms with van der Waals surface area (Å²) in [6, 6.07) is 1.56. The number of hydrogen-bond donors (Lipinski definition) is 3. The zero-order valence-corrected chi connectivity index (χ0v) is 9.46. The van der Waals surface area contributed by atoms with Gasteiger partial charge in [-0.15, -0.1) is 0 Å². The van der Waals surface area contributed by atoms with E-state index in [-0.39, 0.29) is 18.5 Å². The first-order valence-electron chi connectivity index (χ1n) is 5.20. The zero-order chi connectivity index (χ0) is 12.7. The minimum absolute atomic E-state index is 0.0337. The average molecular weight is 241 g/mol. The molecule has 0 aliphatic heterocycles. The lowest BCUT2D eigenvalue weighted by Crippen LogP contribution is -2.22. The van der Waals surface area contributed by atoms with E-state index in [1.165, 1.54) is 12.3 Å². The van der Waals surface area contributed by atoms with Crippen LogP contribution in [-0.4, -0.2) is 45.4 Å². The molecule has 0 unspecified atom stereocenters. The third-order valence-corrected chi connectivity index (χ3v) is 1.84. The van der Waals surface area contributed by atoms with E-state index in [0.29, 0.717) is 12.2 Å². The fraction of sp³-hybridized carbons (Fsp3) is 0.500. The van der Waals surface area contributed by atoms with Crippen LogP contribution in [0.4, 0.5) is 5.82 Å². The molecular weight excluding hydrogens is 226 g/mol. The lowest BCUT2D eigenvalue weighted by Gasteiger charge is -2.09. The predicted octanol–water partition coefficient (Wildman–Crippen LogP) is -0.443. The van der Waals surface area contributed by atoms with E-state index >= 15 is 0 Å². The van der Waals surface area contributed by atoms with Gasteiger partial charge in [0.15, 0.2) is 0 Å². The molecule has 0 fully saturated rings. The molecule has 3 N–H and O–H groups in total. The summed E-state index contributed by atoms with van der Waals surface area (Å²) in [5.74, 6) is 0.172.